The van der Waals surface area contributed by atoms with Gasteiger partial charge in [-0.3, -0.25) is 9.59 Å². The Labute approximate surface area is 162 Å². The summed E-state index contributed by atoms with van der Waals surface area (Å²) in [5.41, 5.74) is 2.81. The third kappa shape index (κ3) is 5.15. The fraction of sp³-hybridized carbons (Fsp3) is 0.0952. The van der Waals surface area contributed by atoms with Gasteiger partial charge in [-0.25, -0.2) is 4.98 Å². The summed E-state index contributed by atoms with van der Waals surface area (Å²) >= 11 is 5.80. The first-order valence-electron chi connectivity index (χ1n) is 8.38. The van der Waals surface area contributed by atoms with Gasteiger partial charge in [-0.1, -0.05) is 53.6 Å². The molecule has 0 aliphatic heterocycles. The van der Waals surface area contributed by atoms with Crippen LogP contribution in [0.15, 0.2) is 66.9 Å². The van der Waals surface area contributed by atoms with E-state index in [0.29, 0.717) is 22.1 Å². The standard InChI is InChI=1S/C21H18ClN3O2/c1-14-5-4-6-15(11-14)12-20(26)24-18-8-3-2-7-17(18)21(27)25-19-10-9-16(22)13-23-19/h2-11,13H,12H2,1H3,(H,24,26)(H,23,25,27). The number of hydrogen-bond acceptors (Lipinski definition) is 3. The number of carbonyl (C=O) groups excluding carboxylic acids is 2. The molecular weight excluding hydrogens is 362 g/mol. The summed E-state index contributed by atoms with van der Waals surface area (Å²) < 4.78 is 0. The lowest BCUT2D eigenvalue weighted by atomic mass is 10.1. The van der Waals surface area contributed by atoms with E-state index in [-0.39, 0.29) is 18.2 Å². The van der Waals surface area contributed by atoms with Crippen molar-refractivity contribution < 1.29 is 9.59 Å². The van der Waals surface area contributed by atoms with Gasteiger partial charge in [0.2, 0.25) is 5.91 Å². The van der Waals surface area contributed by atoms with Gasteiger partial charge >= 0.3 is 0 Å². The Balaban J connectivity index is 1.72. The van der Waals surface area contributed by atoms with Gasteiger partial charge < -0.3 is 10.6 Å². The van der Waals surface area contributed by atoms with Crippen LogP contribution in [0.3, 0.4) is 0 Å². The number of aromatic nitrogens is 1. The molecular formula is C21H18ClN3O2. The topological polar surface area (TPSA) is 71.1 Å². The molecule has 5 nitrogen and oxygen atoms in total. The third-order valence-corrected chi connectivity index (χ3v) is 4.09. The van der Waals surface area contributed by atoms with E-state index in [0.717, 1.165) is 11.1 Å². The van der Waals surface area contributed by atoms with Crippen LogP contribution in [-0.2, 0) is 11.2 Å². The molecule has 0 saturated heterocycles. The van der Waals surface area contributed by atoms with Crippen LogP contribution in [0.4, 0.5) is 11.5 Å². The molecule has 0 saturated carbocycles. The summed E-state index contributed by atoms with van der Waals surface area (Å²) in [7, 11) is 0. The predicted molar refractivity (Wildman–Crippen MR) is 107 cm³/mol. The van der Waals surface area contributed by atoms with Crippen molar-refractivity contribution in [3.63, 3.8) is 0 Å². The Morgan fingerprint density at radius 1 is 1.00 bits per heavy atom. The first-order valence-corrected chi connectivity index (χ1v) is 8.76. The molecule has 27 heavy (non-hydrogen) atoms. The van der Waals surface area contributed by atoms with E-state index >= 15 is 0 Å². The van der Waals surface area contributed by atoms with E-state index < -0.39 is 0 Å². The summed E-state index contributed by atoms with van der Waals surface area (Å²) in [5, 5.41) is 5.99. The van der Waals surface area contributed by atoms with E-state index in [9.17, 15) is 9.59 Å². The summed E-state index contributed by atoms with van der Waals surface area (Å²) in [6.07, 6.45) is 1.68. The predicted octanol–water partition coefficient (Wildman–Crippen LogP) is 4.48. The molecule has 0 unspecified atom stereocenters. The number of aryl methyl sites for hydroxylation is 1. The summed E-state index contributed by atoms with van der Waals surface area (Å²) in [6, 6.07) is 17.8. The minimum atomic E-state index is -0.365. The van der Waals surface area contributed by atoms with Crippen LogP contribution >= 0.6 is 11.6 Å². The zero-order chi connectivity index (χ0) is 19.2. The lowest BCUT2D eigenvalue weighted by Crippen LogP contribution is -2.19. The lowest BCUT2D eigenvalue weighted by molar-refractivity contribution is -0.115. The van der Waals surface area contributed by atoms with Crippen LogP contribution < -0.4 is 10.6 Å². The van der Waals surface area contributed by atoms with Crippen molar-refractivity contribution in [2.75, 3.05) is 10.6 Å². The minimum absolute atomic E-state index is 0.189. The fourth-order valence-electron chi connectivity index (χ4n) is 2.63. The van der Waals surface area contributed by atoms with Crippen LogP contribution in [-0.4, -0.2) is 16.8 Å². The van der Waals surface area contributed by atoms with Gasteiger partial charge in [0.05, 0.1) is 22.7 Å². The number of nitrogens with one attached hydrogen (secondary N) is 2. The monoisotopic (exact) mass is 379 g/mol. The number of anilines is 2. The van der Waals surface area contributed by atoms with Gasteiger partial charge in [-0.05, 0) is 36.8 Å². The number of para-hydroxylation sites is 1. The van der Waals surface area contributed by atoms with E-state index in [4.69, 9.17) is 11.6 Å². The minimum Gasteiger partial charge on any atom is -0.325 e. The summed E-state index contributed by atoms with van der Waals surface area (Å²) in [6.45, 7) is 1.98. The Bertz CT molecular complexity index is 971. The number of benzene rings is 2. The highest BCUT2D eigenvalue weighted by Crippen LogP contribution is 2.18. The number of rotatable bonds is 5. The maximum atomic E-state index is 12.6. The molecule has 0 fully saturated rings. The summed E-state index contributed by atoms with van der Waals surface area (Å²) in [4.78, 5) is 29.0. The van der Waals surface area contributed by atoms with E-state index in [2.05, 4.69) is 15.6 Å². The first-order chi connectivity index (χ1) is 13.0. The van der Waals surface area contributed by atoms with Crippen LogP contribution in [0.5, 0.6) is 0 Å². The van der Waals surface area contributed by atoms with Crippen molar-refractivity contribution in [3.8, 4) is 0 Å². The van der Waals surface area contributed by atoms with Crippen molar-refractivity contribution in [2.45, 2.75) is 13.3 Å². The van der Waals surface area contributed by atoms with Crippen molar-refractivity contribution >= 4 is 34.9 Å². The third-order valence-electron chi connectivity index (χ3n) is 3.86. The van der Waals surface area contributed by atoms with Gasteiger partial charge in [0.25, 0.3) is 5.91 Å². The Morgan fingerprint density at radius 2 is 1.81 bits per heavy atom. The zero-order valence-corrected chi connectivity index (χ0v) is 15.5. The number of hydrogen-bond donors (Lipinski definition) is 2. The molecule has 3 aromatic rings. The van der Waals surface area contributed by atoms with Gasteiger partial charge in [0, 0.05) is 6.20 Å². The van der Waals surface area contributed by atoms with E-state index in [1.165, 1.54) is 6.20 Å². The molecule has 1 heterocycles. The van der Waals surface area contributed by atoms with Gasteiger partial charge in [-0.2, -0.15) is 0 Å². The molecule has 0 aliphatic carbocycles. The number of halogens is 1. The molecule has 2 amide bonds. The largest absolute Gasteiger partial charge is 0.325 e. The Morgan fingerprint density at radius 3 is 2.56 bits per heavy atom. The van der Waals surface area contributed by atoms with Crippen molar-refractivity contribution in [1.82, 2.24) is 4.98 Å². The lowest BCUT2D eigenvalue weighted by Gasteiger charge is -2.11. The molecule has 1 aromatic heterocycles. The van der Waals surface area contributed by atoms with Gasteiger partial charge in [-0.15, -0.1) is 0 Å². The highest BCUT2D eigenvalue weighted by molar-refractivity contribution is 6.30. The first kappa shape index (κ1) is 18.6. The molecule has 0 spiro atoms. The SMILES string of the molecule is Cc1cccc(CC(=O)Nc2ccccc2C(=O)Nc2ccc(Cl)cn2)c1. The molecule has 2 N–H and O–H groups in total. The second-order valence-corrected chi connectivity index (χ2v) is 6.51. The molecule has 0 atom stereocenters. The molecule has 0 radical (unpaired) electrons. The number of carbonyl (C=O) groups is 2. The normalized spacial score (nSPS) is 10.3. The average Bonchev–Trinajstić information content (AvgIpc) is 2.64. The van der Waals surface area contributed by atoms with Crippen LogP contribution in [0.2, 0.25) is 5.02 Å². The van der Waals surface area contributed by atoms with Crippen LogP contribution in [0.25, 0.3) is 0 Å². The number of amides is 2. The molecule has 0 aliphatic rings. The maximum absolute atomic E-state index is 12.6. The summed E-state index contributed by atoms with van der Waals surface area (Å²) in [5.74, 6) is -0.174. The van der Waals surface area contributed by atoms with Crippen molar-refractivity contribution in [1.29, 1.82) is 0 Å². The average molecular weight is 380 g/mol. The van der Waals surface area contributed by atoms with Crippen molar-refractivity contribution in [3.05, 3.63) is 88.6 Å². The number of pyridine rings is 1. The molecule has 2 aromatic carbocycles. The molecule has 6 heteroatoms. The second kappa shape index (κ2) is 8.47. The maximum Gasteiger partial charge on any atom is 0.258 e. The van der Waals surface area contributed by atoms with Crippen molar-refractivity contribution in [2.24, 2.45) is 0 Å². The Kier molecular flexibility index (Phi) is 5.84. The smallest absolute Gasteiger partial charge is 0.258 e. The molecule has 136 valence electrons. The van der Waals surface area contributed by atoms with Crippen LogP contribution in [0.1, 0.15) is 21.5 Å². The van der Waals surface area contributed by atoms with Gasteiger partial charge in [0.1, 0.15) is 5.82 Å². The zero-order valence-electron chi connectivity index (χ0n) is 14.7. The second-order valence-electron chi connectivity index (χ2n) is 6.08. The van der Waals surface area contributed by atoms with E-state index in [1.54, 1.807) is 36.4 Å². The van der Waals surface area contributed by atoms with Crippen LogP contribution in [0, 0.1) is 6.92 Å². The van der Waals surface area contributed by atoms with Gasteiger partial charge in [0.15, 0.2) is 0 Å². The molecule has 3 rings (SSSR count). The highest BCUT2D eigenvalue weighted by Gasteiger charge is 2.14. The highest BCUT2D eigenvalue weighted by atomic mass is 35.5. The van der Waals surface area contributed by atoms with E-state index in [1.807, 2.05) is 31.2 Å². The molecule has 0 bridgehead atoms. The Hall–Kier alpha value is -3.18. The number of nitrogens with zero attached hydrogens (tertiary/aromatic N) is 1. The quantitative estimate of drug-likeness (QED) is 0.686. The fourth-order valence-corrected chi connectivity index (χ4v) is 2.74.